The van der Waals surface area contributed by atoms with Crippen LogP contribution in [0.3, 0.4) is 0 Å². The Morgan fingerprint density at radius 2 is 2.00 bits per heavy atom. The van der Waals surface area contributed by atoms with E-state index in [-0.39, 0.29) is 0 Å². The summed E-state index contributed by atoms with van der Waals surface area (Å²) in [7, 11) is 0. The van der Waals surface area contributed by atoms with Gasteiger partial charge in [-0.2, -0.15) is 0 Å². The Hall–Kier alpha value is -0.0800. The molecule has 1 N–H and O–H groups in total. The SMILES string of the molecule is CCCC1CCCC(NC2CCOC2)CC1. The van der Waals surface area contributed by atoms with Crippen molar-refractivity contribution in [2.45, 2.75) is 70.4 Å². The average Bonchev–Trinajstić information content (AvgIpc) is 2.68. The maximum absolute atomic E-state index is 5.43. The molecule has 0 bridgehead atoms. The summed E-state index contributed by atoms with van der Waals surface area (Å²) in [6.07, 6.45) is 11.1. The predicted octanol–water partition coefficient (Wildman–Crippen LogP) is 3.11. The molecule has 1 heterocycles. The van der Waals surface area contributed by atoms with Crippen LogP contribution in [0, 0.1) is 5.92 Å². The van der Waals surface area contributed by atoms with Crippen LogP contribution in [0.25, 0.3) is 0 Å². The van der Waals surface area contributed by atoms with Crippen LogP contribution in [0.5, 0.6) is 0 Å². The Morgan fingerprint density at radius 3 is 2.75 bits per heavy atom. The minimum atomic E-state index is 0.646. The zero-order chi connectivity index (χ0) is 11.2. The molecule has 2 heteroatoms. The van der Waals surface area contributed by atoms with E-state index in [0.29, 0.717) is 6.04 Å². The molecule has 0 amide bonds. The van der Waals surface area contributed by atoms with Crippen molar-refractivity contribution in [3.8, 4) is 0 Å². The molecule has 0 aromatic rings. The van der Waals surface area contributed by atoms with E-state index in [1.54, 1.807) is 0 Å². The highest BCUT2D eigenvalue weighted by molar-refractivity contribution is 4.80. The molecule has 16 heavy (non-hydrogen) atoms. The molecule has 2 nitrogen and oxygen atoms in total. The minimum absolute atomic E-state index is 0.646. The van der Waals surface area contributed by atoms with E-state index in [1.165, 1.54) is 51.4 Å². The van der Waals surface area contributed by atoms with Crippen molar-refractivity contribution in [2.75, 3.05) is 13.2 Å². The highest BCUT2D eigenvalue weighted by Crippen LogP contribution is 2.27. The minimum Gasteiger partial charge on any atom is -0.380 e. The zero-order valence-corrected chi connectivity index (χ0v) is 10.7. The quantitative estimate of drug-likeness (QED) is 0.742. The molecule has 0 aromatic heterocycles. The summed E-state index contributed by atoms with van der Waals surface area (Å²) in [6.45, 7) is 4.22. The normalized spacial score (nSPS) is 36.2. The lowest BCUT2D eigenvalue weighted by molar-refractivity contribution is 0.187. The van der Waals surface area contributed by atoms with Crippen LogP contribution >= 0.6 is 0 Å². The Labute approximate surface area is 100 Å². The highest BCUT2D eigenvalue weighted by atomic mass is 16.5. The number of nitrogens with one attached hydrogen (secondary N) is 1. The summed E-state index contributed by atoms with van der Waals surface area (Å²) < 4.78 is 5.43. The molecule has 2 aliphatic rings. The molecule has 2 rings (SSSR count). The van der Waals surface area contributed by atoms with Gasteiger partial charge in [-0.25, -0.2) is 0 Å². The molecule has 94 valence electrons. The largest absolute Gasteiger partial charge is 0.380 e. The molecule has 0 spiro atoms. The van der Waals surface area contributed by atoms with E-state index in [1.807, 2.05) is 0 Å². The number of hydrogen-bond donors (Lipinski definition) is 1. The third kappa shape index (κ3) is 3.74. The lowest BCUT2D eigenvalue weighted by Gasteiger charge is -2.20. The molecule has 3 unspecified atom stereocenters. The van der Waals surface area contributed by atoms with E-state index >= 15 is 0 Å². The first-order chi connectivity index (χ1) is 7.88. The Kier molecular flexibility index (Phi) is 5.11. The van der Waals surface area contributed by atoms with E-state index in [0.717, 1.165) is 25.2 Å². The van der Waals surface area contributed by atoms with Crippen LogP contribution in [0.1, 0.15) is 58.3 Å². The standard InChI is InChI=1S/C14H27NO/c1-2-4-12-5-3-6-13(8-7-12)15-14-9-10-16-11-14/h12-15H,2-11H2,1H3. The number of hydrogen-bond acceptors (Lipinski definition) is 2. The summed E-state index contributed by atoms with van der Waals surface area (Å²) in [5.41, 5.74) is 0. The van der Waals surface area contributed by atoms with Crippen molar-refractivity contribution >= 4 is 0 Å². The fourth-order valence-electron chi connectivity index (χ4n) is 3.24. The van der Waals surface area contributed by atoms with Gasteiger partial charge in [0.2, 0.25) is 0 Å². The highest BCUT2D eigenvalue weighted by Gasteiger charge is 2.22. The average molecular weight is 225 g/mol. The number of rotatable bonds is 4. The van der Waals surface area contributed by atoms with Gasteiger partial charge in [-0.3, -0.25) is 0 Å². The lowest BCUT2D eigenvalue weighted by atomic mass is 9.95. The fraction of sp³-hybridized carbons (Fsp3) is 1.00. The van der Waals surface area contributed by atoms with Gasteiger partial charge >= 0.3 is 0 Å². The third-order valence-electron chi connectivity index (χ3n) is 4.19. The summed E-state index contributed by atoms with van der Waals surface area (Å²) in [6, 6.07) is 1.42. The second-order valence-electron chi connectivity index (χ2n) is 5.59. The molecule has 1 saturated heterocycles. The van der Waals surface area contributed by atoms with E-state index in [2.05, 4.69) is 12.2 Å². The van der Waals surface area contributed by atoms with Crippen molar-refractivity contribution in [3.63, 3.8) is 0 Å². The van der Waals surface area contributed by atoms with Gasteiger partial charge in [-0.15, -0.1) is 0 Å². The topological polar surface area (TPSA) is 21.3 Å². The van der Waals surface area contributed by atoms with Gasteiger partial charge in [0.25, 0.3) is 0 Å². The van der Waals surface area contributed by atoms with Crippen LogP contribution in [-0.4, -0.2) is 25.3 Å². The molecule has 2 fully saturated rings. The zero-order valence-electron chi connectivity index (χ0n) is 10.7. The molecule has 0 radical (unpaired) electrons. The summed E-state index contributed by atoms with van der Waals surface area (Å²) in [5, 5.41) is 3.80. The first kappa shape index (κ1) is 12.4. The van der Waals surface area contributed by atoms with Crippen LogP contribution in [-0.2, 0) is 4.74 Å². The maximum Gasteiger partial charge on any atom is 0.0620 e. The van der Waals surface area contributed by atoms with E-state index in [9.17, 15) is 0 Å². The summed E-state index contributed by atoms with van der Waals surface area (Å²) in [5.74, 6) is 1.01. The van der Waals surface area contributed by atoms with Crippen LogP contribution in [0.2, 0.25) is 0 Å². The molecule has 0 aromatic carbocycles. The number of ether oxygens (including phenoxy) is 1. The van der Waals surface area contributed by atoms with Crippen molar-refractivity contribution < 1.29 is 4.74 Å². The second-order valence-corrected chi connectivity index (χ2v) is 5.59. The monoisotopic (exact) mass is 225 g/mol. The predicted molar refractivity (Wildman–Crippen MR) is 67.6 cm³/mol. The van der Waals surface area contributed by atoms with Crippen LogP contribution < -0.4 is 5.32 Å². The van der Waals surface area contributed by atoms with Gasteiger partial charge < -0.3 is 10.1 Å². The third-order valence-corrected chi connectivity index (χ3v) is 4.19. The van der Waals surface area contributed by atoms with Gasteiger partial charge in [0.1, 0.15) is 0 Å². The van der Waals surface area contributed by atoms with Crippen molar-refractivity contribution in [1.82, 2.24) is 5.32 Å². The molecular weight excluding hydrogens is 198 g/mol. The molecule has 3 atom stereocenters. The van der Waals surface area contributed by atoms with Crippen LogP contribution in [0.15, 0.2) is 0 Å². The maximum atomic E-state index is 5.43. The van der Waals surface area contributed by atoms with Gasteiger partial charge in [0.15, 0.2) is 0 Å². The molecule has 1 aliphatic carbocycles. The van der Waals surface area contributed by atoms with Gasteiger partial charge in [0, 0.05) is 18.7 Å². The lowest BCUT2D eigenvalue weighted by Crippen LogP contribution is -2.38. The Morgan fingerprint density at radius 1 is 1.06 bits per heavy atom. The smallest absolute Gasteiger partial charge is 0.0620 e. The van der Waals surface area contributed by atoms with Crippen molar-refractivity contribution in [1.29, 1.82) is 0 Å². The summed E-state index contributed by atoms with van der Waals surface area (Å²) >= 11 is 0. The van der Waals surface area contributed by atoms with Gasteiger partial charge in [-0.1, -0.05) is 32.6 Å². The van der Waals surface area contributed by atoms with Gasteiger partial charge in [-0.05, 0) is 31.6 Å². The Balaban J connectivity index is 1.70. The molecule has 1 aliphatic heterocycles. The Bertz CT molecular complexity index is 189. The molecular formula is C14H27NO. The molecule has 1 saturated carbocycles. The second kappa shape index (κ2) is 6.61. The van der Waals surface area contributed by atoms with Crippen molar-refractivity contribution in [3.05, 3.63) is 0 Å². The summed E-state index contributed by atoms with van der Waals surface area (Å²) in [4.78, 5) is 0. The fourth-order valence-corrected chi connectivity index (χ4v) is 3.24. The first-order valence-corrected chi connectivity index (χ1v) is 7.22. The van der Waals surface area contributed by atoms with E-state index in [4.69, 9.17) is 4.74 Å². The first-order valence-electron chi connectivity index (χ1n) is 7.22. The van der Waals surface area contributed by atoms with Crippen LogP contribution in [0.4, 0.5) is 0 Å². The van der Waals surface area contributed by atoms with Gasteiger partial charge in [0.05, 0.1) is 6.61 Å². The van der Waals surface area contributed by atoms with E-state index < -0.39 is 0 Å². The van der Waals surface area contributed by atoms with Crippen molar-refractivity contribution in [2.24, 2.45) is 5.92 Å².